The Morgan fingerprint density at radius 3 is 2.43 bits per heavy atom. The molecule has 0 unspecified atom stereocenters. The van der Waals surface area contributed by atoms with Gasteiger partial charge in [-0.05, 0) is 36.6 Å². The van der Waals surface area contributed by atoms with E-state index in [1.165, 1.54) is 26.4 Å². The molecule has 0 saturated heterocycles. The van der Waals surface area contributed by atoms with Gasteiger partial charge in [-0.25, -0.2) is 4.79 Å². The largest absolute Gasteiger partial charge is 0.465 e. The second-order valence-electron chi connectivity index (χ2n) is 5.29. The predicted octanol–water partition coefficient (Wildman–Crippen LogP) is 2.94. The SMILES string of the molecule is COC(=O)c1ccc(/C=C/C(=O)NC2CCCCC2)cc1. The molecule has 1 aromatic carbocycles. The van der Waals surface area contributed by atoms with Crippen molar-refractivity contribution in [3.8, 4) is 0 Å². The summed E-state index contributed by atoms with van der Waals surface area (Å²) in [5, 5.41) is 3.03. The Labute approximate surface area is 125 Å². The van der Waals surface area contributed by atoms with Gasteiger partial charge in [-0.15, -0.1) is 0 Å². The average molecular weight is 287 g/mol. The molecule has 4 heteroatoms. The van der Waals surface area contributed by atoms with Crippen LogP contribution in [0.15, 0.2) is 30.3 Å². The zero-order valence-corrected chi connectivity index (χ0v) is 12.3. The standard InChI is InChI=1S/C17H21NO3/c1-21-17(20)14-10-7-13(8-11-14)9-12-16(19)18-15-5-3-2-4-6-15/h7-12,15H,2-6H2,1H3,(H,18,19)/b12-9+. The summed E-state index contributed by atoms with van der Waals surface area (Å²) < 4.78 is 4.64. The topological polar surface area (TPSA) is 55.4 Å². The fourth-order valence-electron chi connectivity index (χ4n) is 2.52. The first-order chi connectivity index (χ1) is 10.2. The summed E-state index contributed by atoms with van der Waals surface area (Å²) in [6.45, 7) is 0. The number of benzene rings is 1. The summed E-state index contributed by atoms with van der Waals surface area (Å²) in [7, 11) is 1.35. The number of carbonyl (C=O) groups is 2. The number of nitrogens with one attached hydrogen (secondary N) is 1. The molecule has 0 heterocycles. The van der Waals surface area contributed by atoms with E-state index >= 15 is 0 Å². The molecule has 0 radical (unpaired) electrons. The highest BCUT2D eigenvalue weighted by Gasteiger charge is 2.14. The van der Waals surface area contributed by atoms with Gasteiger partial charge in [0.05, 0.1) is 12.7 Å². The summed E-state index contributed by atoms with van der Waals surface area (Å²) >= 11 is 0. The van der Waals surface area contributed by atoms with Gasteiger partial charge in [0.15, 0.2) is 0 Å². The molecular weight excluding hydrogens is 266 g/mol. The molecule has 1 fully saturated rings. The molecule has 0 atom stereocenters. The molecule has 21 heavy (non-hydrogen) atoms. The van der Waals surface area contributed by atoms with Crippen LogP contribution in [0, 0.1) is 0 Å². The van der Waals surface area contributed by atoms with Gasteiger partial charge in [0.25, 0.3) is 0 Å². The number of methoxy groups -OCH3 is 1. The Bertz CT molecular complexity index is 513. The average Bonchev–Trinajstić information content (AvgIpc) is 2.53. The zero-order chi connectivity index (χ0) is 15.1. The zero-order valence-electron chi connectivity index (χ0n) is 12.3. The van der Waals surface area contributed by atoms with Gasteiger partial charge < -0.3 is 10.1 Å². The second kappa shape index (κ2) is 7.62. The molecule has 2 rings (SSSR count). The Kier molecular flexibility index (Phi) is 5.55. The highest BCUT2D eigenvalue weighted by Crippen LogP contribution is 2.17. The van der Waals surface area contributed by atoms with E-state index < -0.39 is 0 Å². The van der Waals surface area contributed by atoms with Crippen LogP contribution in [-0.2, 0) is 9.53 Å². The van der Waals surface area contributed by atoms with E-state index in [1.807, 2.05) is 0 Å². The highest BCUT2D eigenvalue weighted by molar-refractivity contribution is 5.92. The van der Waals surface area contributed by atoms with Crippen molar-refractivity contribution in [1.29, 1.82) is 0 Å². The van der Waals surface area contributed by atoms with Crippen molar-refractivity contribution in [3.05, 3.63) is 41.5 Å². The minimum atomic E-state index is -0.361. The van der Waals surface area contributed by atoms with Gasteiger partial charge >= 0.3 is 5.97 Å². The lowest BCUT2D eigenvalue weighted by atomic mass is 9.95. The molecule has 0 aliphatic heterocycles. The van der Waals surface area contributed by atoms with E-state index in [2.05, 4.69) is 10.1 Å². The number of hydrogen-bond donors (Lipinski definition) is 1. The summed E-state index contributed by atoms with van der Waals surface area (Å²) in [6, 6.07) is 7.26. The van der Waals surface area contributed by atoms with Crippen LogP contribution in [0.4, 0.5) is 0 Å². The Hall–Kier alpha value is -2.10. The van der Waals surface area contributed by atoms with Crippen LogP contribution in [-0.4, -0.2) is 25.0 Å². The van der Waals surface area contributed by atoms with Gasteiger partial charge in [0.1, 0.15) is 0 Å². The van der Waals surface area contributed by atoms with Crippen molar-refractivity contribution in [1.82, 2.24) is 5.32 Å². The molecule has 0 aromatic heterocycles. The highest BCUT2D eigenvalue weighted by atomic mass is 16.5. The molecular formula is C17H21NO3. The lowest BCUT2D eigenvalue weighted by Crippen LogP contribution is -2.34. The molecule has 0 bridgehead atoms. The van der Waals surface area contributed by atoms with Crippen LogP contribution < -0.4 is 5.32 Å². The number of rotatable bonds is 4. The first-order valence-corrected chi connectivity index (χ1v) is 7.36. The minimum absolute atomic E-state index is 0.0565. The number of amides is 1. The molecule has 1 amide bonds. The van der Waals surface area contributed by atoms with Crippen LogP contribution in [0.5, 0.6) is 0 Å². The van der Waals surface area contributed by atoms with E-state index in [1.54, 1.807) is 36.4 Å². The molecule has 112 valence electrons. The Morgan fingerprint density at radius 1 is 1.14 bits per heavy atom. The number of carbonyl (C=O) groups excluding carboxylic acids is 2. The van der Waals surface area contributed by atoms with Crippen LogP contribution in [0.3, 0.4) is 0 Å². The lowest BCUT2D eigenvalue weighted by molar-refractivity contribution is -0.117. The van der Waals surface area contributed by atoms with Gasteiger partial charge in [0, 0.05) is 12.1 Å². The maximum absolute atomic E-state index is 11.8. The molecule has 1 aliphatic carbocycles. The first kappa shape index (κ1) is 15.3. The van der Waals surface area contributed by atoms with Crippen LogP contribution in [0.25, 0.3) is 6.08 Å². The van der Waals surface area contributed by atoms with Crippen molar-refractivity contribution in [2.45, 2.75) is 38.1 Å². The van der Waals surface area contributed by atoms with Crippen LogP contribution in [0.1, 0.15) is 48.0 Å². The van der Waals surface area contributed by atoms with Crippen molar-refractivity contribution < 1.29 is 14.3 Å². The third kappa shape index (κ3) is 4.74. The monoisotopic (exact) mass is 287 g/mol. The molecule has 0 spiro atoms. The smallest absolute Gasteiger partial charge is 0.337 e. The number of esters is 1. The first-order valence-electron chi connectivity index (χ1n) is 7.36. The normalized spacial score (nSPS) is 15.9. The van der Waals surface area contributed by atoms with Gasteiger partial charge in [-0.2, -0.15) is 0 Å². The van der Waals surface area contributed by atoms with E-state index in [0.717, 1.165) is 18.4 Å². The third-order valence-corrected chi connectivity index (χ3v) is 3.71. The Morgan fingerprint density at radius 2 is 1.81 bits per heavy atom. The van der Waals surface area contributed by atoms with E-state index in [-0.39, 0.29) is 11.9 Å². The van der Waals surface area contributed by atoms with Gasteiger partial charge in [-0.1, -0.05) is 31.4 Å². The summed E-state index contributed by atoms with van der Waals surface area (Å²) in [5.74, 6) is -0.417. The van der Waals surface area contributed by atoms with Crippen LogP contribution >= 0.6 is 0 Å². The minimum Gasteiger partial charge on any atom is -0.465 e. The summed E-state index contributed by atoms with van der Waals surface area (Å²) in [5.41, 5.74) is 1.38. The molecule has 1 aromatic rings. The quantitative estimate of drug-likeness (QED) is 0.684. The Balaban J connectivity index is 1.87. The van der Waals surface area contributed by atoms with E-state index in [0.29, 0.717) is 11.6 Å². The molecule has 1 saturated carbocycles. The number of hydrogen-bond acceptors (Lipinski definition) is 3. The second-order valence-corrected chi connectivity index (χ2v) is 5.29. The maximum Gasteiger partial charge on any atom is 0.337 e. The molecule has 4 nitrogen and oxygen atoms in total. The van der Waals surface area contributed by atoms with Gasteiger partial charge in [-0.3, -0.25) is 4.79 Å². The summed E-state index contributed by atoms with van der Waals surface area (Å²) in [4.78, 5) is 23.1. The van der Waals surface area contributed by atoms with Crippen LogP contribution in [0.2, 0.25) is 0 Å². The number of ether oxygens (including phenoxy) is 1. The fraction of sp³-hybridized carbons (Fsp3) is 0.412. The van der Waals surface area contributed by atoms with Gasteiger partial charge in [0.2, 0.25) is 5.91 Å². The third-order valence-electron chi connectivity index (χ3n) is 3.71. The molecule has 1 aliphatic rings. The van der Waals surface area contributed by atoms with E-state index in [4.69, 9.17) is 0 Å². The predicted molar refractivity (Wildman–Crippen MR) is 81.8 cm³/mol. The van der Waals surface area contributed by atoms with Crippen molar-refractivity contribution in [2.75, 3.05) is 7.11 Å². The fourth-order valence-corrected chi connectivity index (χ4v) is 2.52. The van der Waals surface area contributed by atoms with Crippen molar-refractivity contribution in [2.24, 2.45) is 0 Å². The van der Waals surface area contributed by atoms with Crippen molar-refractivity contribution in [3.63, 3.8) is 0 Å². The lowest BCUT2D eigenvalue weighted by Gasteiger charge is -2.21. The van der Waals surface area contributed by atoms with Crippen molar-refractivity contribution >= 4 is 18.0 Å². The summed E-state index contributed by atoms with van der Waals surface area (Å²) in [6.07, 6.45) is 9.11. The molecule has 1 N–H and O–H groups in total. The van der Waals surface area contributed by atoms with E-state index in [9.17, 15) is 9.59 Å². The maximum atomic E-state index is 11.8.